The monoisotopic (exact) mass is 377 g/mol. The number of hydrogen-bond acceptors (Lipinski definition) is 2. The maximum atomic E-state index is 3.79. The van der Waals surface area contributed by atoms with Gasteiger partial charge in [-0.2, -0.15) is 0 Å². The summed E-state index contributed by atoms with van der Waals surface area (Å²) in [4.78, 5) is 1.55. The van der Waals surface area contributed by atoms with Crippen molar-refractivity contribution in [1.82, 2.24) is 5.32 Å². The molecule has 1 aliphatic heterocycles. The number of thiophene rings is 1. The van der Waals surface area contributed by atoms with Crippen molar-refractivity contribution in [3.63, 3.8) is 0 Å². The molecule has 2 heterocycles. The van der Waals surface area contributed by atoms with Crippen LogP contribution in [-0.4, -0.2) is 12.6 Å². The lowest BCUT2D eigenvalue weighted by Gasteiger charge is -2.43. The predicted octanol–water partition coefficient (Wildman–Crippen LogP) is 4.97. The average molecular weight is 378 g/mol. The van der Waals surface area contributed by atoms with Gasteiger partial charge < -0.3 is 5.32 Å². The van der Waals surface area contributed by atoms with Crippen LogP contribution < -0.4 is 5.32 Å². The van der Waals surface area contributed by atoms with Crippen LogP contribution in [0, 0.1) is 5.92 Å². The third-order valence-corrected chi connectivity index (χ3v) is 6.28. The molecule has 0 saturated carbocycles. The molecule has 0 amide bonds. The lowest BCUT2D eigenvalue weighted by Crippen LogP contribution is -2.47. The van der Waals surface area contributed by atoms with E-state index in [1.807, 2.05) is 11.3 Å². The van der Waals surface area contributed by atoms with Crippen LogP contribution in [0.5, 0.6) is 0 Å². The van der Waals surface area contributed by atoms with Gasteiger partial charge in [-0.3, -0.25) is 0 Å². The number of nitrogens with one attached hydrogen (secondary N) is 1. The van der Waals surface area contributed by atoms with Gasteiger partial charge >= 0.3 is 0 Å². The first-order chi connectivity index (χ1) is 10.4. The van der Waals surface area contributed by atoms with E-state index in [9.17, 15) is 0 Å². The van der Waals surface area contributed by atoms with Crippen molar-refractivity contribution in [2.24, 2.45) is 5.92 Å². The summed E-state index contributed by atoms with van der Waals surface area (Å²) in [5.41, 5.74) is 3.24. The fraction of sp³-hybridized carbons (Fsp3) is 0.474. The molecule has 3 unspecified atom stereocenters. The van der Waals surface area contributed by atoms with Crippen LogP contribution in [-0.2, 0) is 12.8 Å². The van der Waals surface area contributed by atoms with Crippen LogP contribution in [0.4, 0.5) is 0 Å². The number of benzene rings is 1. The number of halogens is 1. The highest BCUT2D eigenvalue weighted by molar-refractivity contribution is 8.93. The Bertz CT molecular complexity index is 595. The Labute approximate surface area is 147 Å². The van der Waals surface area contributed by atoms with E-state index in [2.05, 4.69) is 47.1 Å². The zero-order valence-corrected chi connectivity index (χ0v) is 15.4. The van der Waals surface area contributed by atoms with Crippen molar-refractivity contribution < 1.29 is 0 Å². The summed E-state index contributed by atoms with van der Waals surface area (Å²) in [6, 6.07) is 14.3. The first-order valence-corrected chi connectivity index (χ1v) is 9.13. The topological polar surface area (TPSA) is 12.0 Å². The number of piperidine rings is 1. The van der Waals surface area contributed by atoms with Crippen LogP contribution >= 0.6 is 28.3 Å². The second-order valence-corrected chi connectivity index (χ2v) is 7.52. The van der Waals surface area contributed by atoms with E-state index in [1.165, 1.54) is 38.6 Å². The Morgan fingerprint density at radius 3 is 2.86 bits per heavy atom. The highest BCUT2D eigenvalue weighted by Gasteiger charge is 2.37. The highest BCUT2D eigenvalue weighted by Crippen LogP contribution is 2.42. The van der Waals surface area contributed by atoms with Gasteiger partial charge in [-0.25, -0.2) is 0 Å². The Morgan fingerprint density at radius 2 is 2.00 bits per heavy atom. The summed E-state index contributed by atoms with van der Waals surface area (Å²) >= 11 is 1.91. The minimum absolute atomic E-state index is 0. The zero-order chi connectivity index (χ0) is 14.1. The molecule has 1 aromatic heterocycles. The molecule has 1 aromatic carbocycles. The van der Waals surface area contributed by atoms with Crippen molar-refractivity contribution in [2.45, 2.75) is 44.1 Å². The van der Waals surface area contributed by atoms with Gasteiger partial charge in [0, 0.05) is 16.8 Å². The van der Waals surface area contributed by atoms with E-state index in [-0.39, 0.29) is 17.0 Å². The van der Waals surface area contributed by atoms with Gasteiger partial charge in [0.1, 0.15) is 0 Å². The Hall–Kier alpha value is -0.640. The third kappa shape index (κ3) is 3.17. The van der Waals surface area contributed by atoms with E-state index < -0.39 is 0 Å². The van der Waals surface area contributed by atoms with E-state index >= 15 is 0 Å². The molecule has 0 bridgehead atoms. The fourth-order valence-corrected chi connectivity index (χ4v) is 5.07. The molecule has 1 fully saturated rings. The smallest absolute Gasteiger partial charge is 0.0142 e. The minimum Gasteiger partial charge on any atom is -0.313 e. The van der Waals surface area contributed by atoms with Gasteiger partial charge in [0.2, 0.25) is 0 Å². The quantitative estimate of drug-likeness (QED) is 0.796. The van der Waals surface area contributed by atoms with E-state index in [0.717, 1.165) is 11.8 Å². The Kier molecular flexibility index (Phi) is 5.37. The molecule has 0 spiro atoms. The number of hydrogen-bond donors (Lipinski definition) is 1. The average Bonchev–Trinajstić information content (AvgIpc) is 3.06. The van der Waals surface area contributed by atoms with Gasteiger partial charge in [-0.15, -0.1) is 28.3 Å². The van der Waals surface area contributed by atoms with Gasteiger partial charge in [0.15, 0.2) is 0 Å². The molecule has 2 aliphatic rings. The van der Waals surface area contributed by atoms with Crippen molar-refractivity contribution >= 4 is 28.3 Å². The highest BCUT2D eigenvalue weighted by atomic mass is 79.9. The number of aryl methyl sites for hydroxylation is 2. The molecule has 22 heavy (non-hydrogen) atoms. The Balaban J connectivity index is 0.00000144. The lowest BCUT2D eigenvalue weighted by atomic mass is 9.68. The molecule has 1 aliphatic carbocycles. The van der Waals surface area contributed by atoms with Crippen LogP contribution in [0.2, 0.25) is 0 Å². The zero-order valence-electron chi connectivity index (χ0n) is 12.8. The van der Waals surface area contributed by atoms with Crippen LogP contribution in [0.25, 0.3) is 0 Å². The number of fused-ring (bicyclic) bond motifs is 3. The molecular formula is C19H24BrNS. The molecular weight excluding hydrogens is 354 g/mol. The first-order valence-electron chi connectivity index (χ1n) is 8.25. The van der Waals surface area contributed by atoms with Crippen LogP contribution in [0.1, 0.15) is 41.2 Å². The maximum absolute atomic E-state index is 3.79. The summed E-state index contributed by atoms with van der Waals surface area (Å²) in [6.07, 6.45) is 6.51. The van der Waals surface area contributed by atoms with Crippen molar-refractivity contribution in [1.29, 1.82) is 0 Å². The van der Waals surface area contributed by atoms with Gasteiger partial charge in [0.05, 0.1) is 0 Å². The summed E-state index contributed by atoms with van der Waals surface area (Å²) in [5.74, 6) is 1.59. The van der Waals surface area contributed by atoms with Crippen molar-refractivity contribution in [2.75, 3.05) is 6.54 Å². The van der Waals surface area contributed by atoms with E-state index in [0.29, 0.717) is 6.04 Å². The largest absolute Gasteiger partial charge is 0.313 e. The van der Waals surface area contributed by atoms with Crippen molar-refractivity contribution in [3.8, 4) is 0 Å². The van der Waals surface area contributed by atoms with Gasteiger partial charge in [-0.1, -0.05) is 30.3 Å². The fourth-order valence-electron chi connectivity index (χ4n) is 4.35. The maximum Gasteiger partial charge on any atom is 0.0142 e. The van der Waals surface area contributed by atoms with Crippen molar-refractivity contribution in [3.05, 3.63) is 57.8 Å². The molecule has 1 saturated heterocycles. The SMILES string of the molecule is Br.c1csc(CCC2CCNC3CCc4ccccc4C23)c1. The van der Waals surface area contributed by atoms with Crippen LogP contribution in [0.15, 0.2) is 41.8 Å². The first kappa shape index (κ1) is 16.2. The second-order valence-electron chi connectivity index (χ2n) is 6.49. The normalized spacial score (nSPS) is 26.6. The van der Waals surface area contributed by atoms with E-state index in [4.69, 9.17) is 0 Å². The second kappa shape index (κ2) is 7.29. The summed E-state index contributed by atoms with van der Waals surface area (Å²) in [7, 11) is 0. The number of rotatable bonds is 3. The minimum atomic E-state index is 0. The lowest BCUT2D eigenvalue weighted by molar-refractivity contribution is 0.223. The Morgan fingerprint density at radius 1 is 1.09 bits per heavy atom. The van der Waals surface area contributed by atoms with E-state index in [1.54, 1.807) is 16.0 Å². The predicted molar refractivity (Wildman–Crippen MR) is 100 cm³/mol. The van der Waals surface area contributed by atoms with Gasteiger partial charge in [0.25, 0.3) is 0 Å². The molecule has 3 atom stereocenters. The van der Waals surface area contributed by atoms with Gasteiger partial charge in [-0.05, 0) is 67.1 Å². The van der Waals surface area contributed by atoms with Crippen LogP contribution in [0.3, 0.4) is 0 Å². The third-order valence-electron chi connectivity index (χ3n) is 5.34. The molecule has 4 rings (SSSR count). The summed E-state index contributed by atoms with van der Waals surface area (Å²) in [6.45, 7) is 1.21. The molecule has 0 radical (unpaired) electrons. The summed E-state index contributed by atoms with van der Waals surface area (Å²) in [5, 5.41) is 5.99. The standard InChI is InChI=1S/C19H23NS.BrH/c1-2-6-17-14(4-1)8-10-18-19(17)15(11-12-20-18)7-9-16-5-3-13-21-16;/h1-6,13,15,18-20H,7-12H2;1H. The molecule has 118 valence electrons. The molecule has 1 nitrogen and oxygen atoms in total. The summed E-state index contributed by atoms with van der Waals surface area (Å²) < 4.78 is 0. The molecule has 2 aromatic rings. The molecule has 3 heteroatoms. The molecule has 1 N–H and O–H groups in total.